The van der Waals surface area contributed by atoms with E-state index in [4.69, 9.17) is 4.74 Å². The lowest BCUT2D eigenvalue weighted by molar-refractivity contribution is -0.114. The summed E-state index contributed by atoms with van der Waals surface area (Å²) in [6, 6.07) is 0.648. The summed E-state index contributed by atoms with van der Waals surface area (Å²) in [7, 11) is 2.24. The molecule has 0 spiro atoms. The molecule has 1 aliphatic carbocycles. The first-order valence-electron chi connectivity index (χ1n) is 8.07. The van der Waals surface area contributed by atoms with Gasteiger partial charge in [-0.05, 0) is 65.2 Å². The molecule has 3 nitrogen and oxygen atoms in total. The zero-order chi connectivity index (χ0) is 13.9. The van der Waals surface area contributed by atoms with Crippen molar-refractivity contribution >= 4 is 0 Å². The SMILES string of the molecule is CCOC1CC(NCCC2CCN(C)CC2)C1(C)C. The monoisotopic (exact) mass is 268 g/mol. The van der Waals surface area contributed by atoms with Crippen molar-refractivity contribution in [3.05, 3.63) is 0 Å². The first kappa shape index (κ1) is 15.3. The molecule has 0 radical (unpaired) electrons. The highest BCUT2D eigenvalue weighted by molar-refractivity contribution is 5.02. The van der Waals surface area contributed by atoms with E-state index in [1.807, 2.05) is 0 Å². The van der Waals surface area contributed by atoms with Gasteiger partial charge in [-0.15, -0.1) is 0 Å². The van der Waals surface area contributed by atoms with Crippen molar-refractivity contribution in [2.24, 2.45) is 11.3 Å². The van der Waals surface area contributed by atoms with Crippen molar-refractivity contribution in [1.82, 2.24) is 10.2 Å². The molecule has 1 N–H and O–H groups in total. The summed E-state index contributed by atoms with van der Waals surface area (Å²) in [5.74, 6) is 0.939. The largest absolute Gasteiger partial charge is 0.378 e. The van der Waals surface area contributed by atoms with Gasteiger partial charge < -0.3 is 15.0 Å². The third kappa shape index (κ3) is 3.71. The second kappa shape index (κ2) is 6.55. The molecule has 0 amide bonds. The molecule has 2 fully saturated rings. The molecule has 2 unspecified atom stereocenters. The molecule has 1 aliphatic heterocycles. The van der Waals surface area contributed by atoms with Crippen LogP contribution in [-0.4, -0.2) is 50.3 Å². The van der Waals surface area contributed by atoms with Crippen LogP contribution < -0.4 is 5.32 Å². The quantitative estimate of drug-likeness (QED) is 0.801. The molecular formula is C16H32N2O. The summed E-state index contributed by atoms with van der Waals surface area (Å²) in [5, 5.41) is 3.76. The highest BCUT2D eigenvalue weighted by Crippen LogP contribution is 2.42. The minimum Gasteiger partial charge on any atom is -0.378 e. The second-order valence-corrected chi connectivity index (χ2v) is 7.04. The van der Waals surface area contributed by atoms with Gasteiger partial charge in [-0.2, -0.15) is 0 Å². The second-order valence-electron chi connectivity index (χ2n) is 7.04. The van der Waals surface area contributed by atoms with E-state index in [2.05, 4.69) is 38.0 Å². The summed E-state index contributed by atoms with van der Waals surface area (Å²) in [4.78, 5) is 2.45. The molecule has 0 aromatic rings. The third-order valence-corrected chi connectivity index (χ3v) is 5.33. The maximum absolute atomic E-state index is 5.79. The van der Waals surface area contributed by atoms with E-state index in [0.717, 1.165) is 12.5 Å². The van der Waals surface area contributed by atoms with Crippen LogP contribution in [0.3, 0.4) is 0 Å². The highest BCUT2D eigenvalue weighted by Gasteiger charge is 2.48. The molecule has 3 heteroatoms. The van der Waals surface area contributed by atoms with Crippen LogP contribution in [0.15, 0.2) is 0 Å². The van der Waals surface area contributed by atoms with E-state index in [9.17, 15) is 0 Å². The first-order valence-corrected chi connectivity index (χ1v) is 8.07. The Morgan fingerprint density at radius 3 is 2.53 bits per heavy atom. The van der Waals surface area contributed by atoms with E-state index >= 15 is 0 Å². The van der Waals surface area contributed by atoms with Crippen LogP contribution in [0.5, 0.6) is 0 Å². The minimum absolute atomic E-state index is 0.308. The summed E-state index contributed by atoms with van der Waals surface area (Å²) in [6.45, 7) is 11.4. The van der Waals surface area contributed by atoms with Gasteiger partial charge in [0.1, 0.15) is 0 Å². The van der Waals surface area contributed by atoms with Crippen LogP contribution in [0, 0.1) is 11.3 Å². The van der Waals surface area contributed by atoms with Crippen LogP contribution >= 0.6 is 0 Å². The molecule has 2 aliphatic rings. The lowest BCUT2D eigenvalue weighted by atomic mass is 9.64. The molecule has 19 heavy (non-hydrogen) atoms. The number of rotatable bonds is 6. The lowest BCUT2D eigenvalue weighted by Gasteiger charge is -2.52. The summed E-state index contributed by atoms with van der Waals surface area (Å²) in [6.07, 6.45) is 5.76. The van der Waals surface area contributed by atoms with E-state index in [-0.39, 0.29) is 0 Å². The number of nitrogens with one attached hydrogen (secondary N) is 1. The number of likely N-dealkylation sites (tertiary alicyclic amines) is 1. The van der Waals surface area contributed by atoms with Crippen LogP contribution in [0.1, 0.15) is 46.5 Å². The van der Waals surface area contributed by atoms with E-state index in [1.54, 1.807) is 0 Å². The molecule has 1 saturated heterocycles. The molecule has 1 saturated carbocycles. The Morgan fingerprint density at radius 2 is 1.95 bits per heavy atom. The van der Waals surface area contributed by atoms with Crippen molar-refractivity contribution in [2.45, 2.75) is 58.6 Å². The molecule has 112 valence electrons. The molecule has 2 rings (SSSR count). The fourth-order valence-corrected chi connectivity index (χ4v) is 3.53. The van der Waals surface area contributed by atoms with Crippen LogP contribution in [0.2, 0.25) is 0 Å². The number of piperidine rings is 1. The molecule has 0 aromatic carbocycles. The normalized spacial score (nSPS) is 32.2. The number of ether oxygens (including phenoxy) is 1. The zero-order valence-corrected chi connectivity index (χ0v) is 13.2. The van der Waals surface area contributed by atoms with Gasteiger partial charge in [0.05, 0.1) is 6.10 Å². The smallest absolute Gasteiger partial charge is 0.0655 e. The molecular weight excluding hydrogens is 236 g/mol. The Labute approximate surface area is 119 Å². The summed E-state index contributed by atoms with van der Waals surface area (Å²) in [5.41, 5.74) is 0.308. The highest BCUT2D eigenvalue weighted by atomic mass is 16.5. The number of nitrogens with zero attached hydrogens (tertiary/aromatic N) is 1. The van der Waals surface area contributed by atoms with Gasteiger partial charge in [-0.1, -0.05) is 13.8 Å². The molecule has 1 heterocycles. The summed E-state index contributed by atoms with van der Waals surface area (Å²) >= 11 is 0. The zero-order valence-electron chi connectivity index (χ0n) is 13.2. The minimum atomic E-state index is 0.308. The van der Waals surface area contributed by atoms with Crippen LogP contribution in [0.4, 0.5) is 0 Å². The Morgan fingerprint density at radius 1 is 1.26 bits per heavy atom. The predicted octanol–water partition coefficient (Wildman–Crippen LogP) is 2.51. The standard InChI is InChI=1S/C16H32N2O/c1-5-19-15-12-14(16(15,2)3)17-9-6-13-7-10-18(4)11-8-13/h13-15,17H,5-12H2,1-4H3. The van der Waals surface area contributed by atoms with Gasteiger partial charge in [0.15, 0.2) is 0 Å². The Kier molecular flexibility index (Phi) is 5.27. The predicted molar refractivity (Wildman–Crippen MR) is 80.4 cm³/mol. The molecule has 2 atom stereocenters. The van der Waals surface area contributed by atoms with Crippen molar-refractivity contribution in [3.8, 4) is 0 Å². The van der Waals surface area contributed by atoms with Crippen molar-refractivity contribution < 1.29 is 4.74 Å². The lowest BCUT2D eigenvalue weighted by Crippen LogP contribution is -2.61. The third-order valence-electron chi connectivity index (χ3n) is 5.33. The van der Waals surface area contributed by atoms with E-state index in [1.165, 1.54) is 45.3 Å². The fourth-order valence-electron chi connectivity index (χ4n) is 3.53. The first-order chi connectivity index (χ1) is 9.04. The molecule has 0 bridgehead atoms. The summed E-state index contributed by atoms with van der Waals surface area (Å²) < 4.78 is 5.79. The van der Waals surface area contributed by atoms with Gasteiger partial charge in [0.2, 0.25) is 0 Å². The Bertz CT molecular complexity index is 272. The molecule has 0 aromatic heterocycles. The van der Waals surface area contributed by atoms with Gasteiger partial charge in [-0.3, -0.25) is 0 Å². The fraction of sp³-hybridized carbons (Fsp3) is 1.00. The van der Waals surface area contributed by atoms with E-state index in [0.29, 0.717) is 17.6 Å². The van der Waals surface area contributed by atoms with Gasteiger partial charge in [-0.25, -0.2) is 0 Å². The number of hydrogen-bond donors (Lipinski definition) is 1. The van der Waals surface area contributed by atoms with Crippen LogP contribution in [0.25, 0.3) is 0 Å². The Hall–Kier alpha value is -0.120. The maximum atomic E-state index is 5.79. The average molecular weight is 268 g/mol. The number of hydrogen-bond acceptors (Lipinski definition) is 3. The average Bonchev–Trinajstić information content (AvgIpc) is 2.39. The van der Waals surface area contributed by atoms with Crippen LogP contribution in [-0.2, 0) is 4.74 Å². The van der Waals surface area contributed by atoms with Crippen molar-refractivity contribution in [2.75, 3.05) is 33.3 Å². The van der Waals surface area contributed by atoms with Gasteiger partial charge >= 0.3 is 0 Å². The van der Waals surface area contributed by atoms with E-state index < -0.39 is 0 Å². The van der Waals surface area contributed by atoms with Gasteiger partial charge in [0, 0.05) is 18.1 Å². The maximum Gasteiger partial charge on any atom is 0.0655 e. The Balaban J connectivity index is 1.62. The van der Waals surface area contributed by atoms with Gasteiger partial charge in [0.25, 0.3) is 0 Å². The topological polar surface area (TPSA) is 24.5 Å². The van der Waals surface area contributed by atoms with Crippen molar-refractivity contribution in [3.63, 3.8) is 0 Å². The van der Waals surface area contributed by atoms with Crippen molar-refractivity contribution in [1.29, 1.82) is 0 Å².